The fourth-order valence-corrected chi connectivity index (χ4v) is 3.09. The second-order valence-electron chi connectivity index (χ2n) is 6.33. The van der Waals surface area contributed by atoms with Gasteiger partial charge in [0.25, 0.3) is 0 Å². The van der Waals surface area contributed by atoms with Crippen molar-refractivity contribution in [3.63, 3.8) is 0 Å². The Morgan fingerprint density at radius 2 is 2.08 bits per heavy atom. The Morgan fingerprint density at radius 1 is 1.31 bits per heavy atom. The van der Waals surface area contributed by atoms with E-state index in [1.807, 2.05) is 55.1 Å². The molecular formula is C18H22N6OS. The van der Waals surface area contributed by atoms with Gasteiger partial charge in [-0.1, -0.05) is 43.8 Å². The lowest BCUT2D eigenvalue weighted by Crippen LogP contribution is -2.27. The maximum atomic E-state index is 12.4. The van der Waals surface area contributed by atoms with E-state index in [9.17, 15) is 4.79 Å². The maximum Gasteiger partial charge on any atom is 0.233 e. The smallest absolute Gasteiger partial charge is 0.233 e. The largest absolute Gasteiger partial charge is 0.341 e. The fourth-order valence-electron chi connectivity index (χ4n) is 2.34. The van der Waals surface area contributed by atoms with Gasteiger partial charge in [0.15, 0.2) is 0 Å². The standard InChI is InChI=1S/C18H22N6OS/c1-13(2)17-20-18(22-21-17)26-12-16(25)23(3)10-14-9-19-24(11-14)15-7-5-4-6-8-15/h4-9,11,13H,10,12H2,1-3H3,(H,20,21,22). The number of carbonyl (C=O) groups excluding carboxylic acids is 1. The van der Waals surface area contributed by atoms with Crippen molar-refractivity contribution in [3.05, 3.63) is 54.1 Å². The van der Waals surface area contributed by atoms with Crippen molar-refractivity contribution in [2.75, 3.05) is 12.8 Å². The number of hydrogen-bond acceptors (Lipinski definition) is 5. The molecule has 0 aliphatic carbocycles. The average molecular weight is 370 g/mol. The second-order valence-corrected chi connectivity index (χ2v) is 7.27. The zero-order chi connectivity index (χ0) is 18.5. The maximum absolute atomic E-state index is 12.4. The summed E-state index contributed by atoms with van der Waals surface area (Å²) >= 11 is 1.34. The van der Waals surface area contributed by atoms with Crippen LogP contribution in [0.1, 0.15) is 31.2 Å². The molecule has 1 aromatic carbocycles. The van der Waals surface area contributed by atoms with Gasteiger partial charge < -0.3 is 4.90 Å². The lowest BCUT2D eigenvalue weighted by Gasteiger charge is -2.15. The Labute approximate surface area is 156 Å². The molecule has 1 N–H and O–H groups in total. The van der Waals surface area contributed by atoms with Crippen molar-refractivity contribution in [2.45, 2.75) is 31.5 Å². The number of hydrogen-bond donors (Lipinski definition) is 1. The molecule has 2 heterocycles. The molecule has 3 rings (SSSR count). The second kappa shape index (κ2) is 8.18. The van der Waals surface area contributed by atoms with Crippen molar-refractivity contribution >= 4 is 17.7 Å². The fraction of sp³-hybridized carbons (Fsp3) is 0.333. The summed E-state index contributed by atoms with van der Waals surface area (Å²) in [6, 6.07) is 9.89. The Hall–Kier alpha value is -2.61. The van der Waals surface area contributed by atoms with E-state index in [4.69, 9.17) is 0 Å². The Morgan fingerprint density at radius 3 is 2.77 bits per heavy atom. The number of benzene rings is 1. The predicted octanol–water partition coefficient (Wildman–Crippen LogP) is 2.86. The van der Waals surface area contributed by atoms with Crippen LogP contribution in [0.15, 0.2) is 47.9 Å². The molecule has 0 radical (unpaired) electrons. The van der Waals surface area contributed by atoms with Crippen molar-refractivity contribution in [1.82, 2.24) is 29.9 Å². The predicted molar refractivity (Wildman–Crippen MR) is 101 cm³/mol. The van der Waals surface area contributed by atoms with E-state index < -0.39 is 0 Å². The minimum Gasteiger partial charge on any atom is -0.341 e. The molecule has 136 valence electrons. The molecule has 0 atom stereocenters. The lowest BCUT2D eigenvalue weighted by molar-refractivity contribution is -0.127. The number of thioether (sulfide) groups is 1. The first-order chi connectivity index (χ1) is 12.5. The number of nitrogens with one attached hydrogen (secondary N) is 1. The van der Waals surface area contributed by atoms with E-state index >= 15 is 0 Å². The zero-order valence-corrected chi connectivity index (χ0v) is 15.9. The number of aromatic amines is 1. The summed E-state index contributed by atoms with van der Waals surface area (Å²) in [6.45, 7) is 4.60. The van der Waals surface area contributed by atoms with Gasteiger partial charge in [0, 0.05) is 31.3 Å². The van der Waals surface area contributed by atoms with E-state index in [1.165, 1.54) is 11.8 Å². The third-order valence-corrected chi connectivity index (χ3v) is 4.69. The van der Waals surface area contributed by atoms with Crippen LogP contribution < -0.4 is 0 Å². The summed E-state index contributed by atoms with van der Waals surface area (Å²) in [6.07, 6.45) is 3.73. The molecule has 2 aromatic heterocycles. The number of carbonyl (C=O) groups is 1. The topological polar surface area (TPSA) is 79.7 Å². The van der Waals surface area contributed by atoms with Crippen LogP contribution in [0.3, 0.4) is 0 Å². The van der Waals surface area contributed by atoms with Gasteiger partial charge in [-0.3, -0.25) is 9.89 Å². The van der Waals surface area contributed by atoms with E-state index in [0.29, 0.717) is 17.5 Å². The third-order valence-electron chi connectivity index (χ3n) is 3.86. The molecule has 0 saturated heterocycles. The van der Waals surface area contributed by atoms with Crippen LogP contribution in [0.2, 0.25) is 0 Å². The number of rotatable bonds is 7. The van der Waals surface area contributed by atoms with Crippen LogP contribution in [0.25, 0.3) is 5.69 Å². The summed E-state index contributed by atoms with van der Waals surface area (Å²) in [7, 11) is 1.79. The van der Waals surface area contributed by atoms with Crippen LogP contribution in [0.5, 0.6) is 0 Å². The minimum absolute atomic E-state index is 0.0263. The van der Waals surface area contributed by atoms with Crippen molar-refractivity contribution in [1.29, 1.82) is 0 Å². The SMILES string of the molecule is CC(C)c1nc(SCC(=O)N(C)Cc2cnn(-c3ccccc3)c2)n[nH]1. The van der Waals surface area contributed by atoms with Crippen LogP contribution in [0.4, 0.5) is 0 Å². The molecular weight excluding hydrogens is 348 g/mol. The monoisotopic (exact) mass is 370 g/mol. The van der Waals surface area contributed by atoms with Crippen molar-refractivity contribution < 1.29 is 4.79 Å². The number of para-hydroxylation sites is 1. The molecule has 0 saturated carbocycles. The van der Waals surface area contributed by atoms with Gasteiger partial charge in [-0.25, -0.2) is 9.67 Å². The summed E-state index contributed by atoms with van der Waals surface area (Å²) in [4.78, 5) is 18.4. The number of amides is 1. The Bertz CT molecular complexity index is 857. The number of H-pyrrole nitrogens is 1. The molecule has 0 aliphatic heterocycles. The van der Waals surface area contributed by atoms with Gasteiger partial charge in [-0.2, -0.15) is 5.10 Å². The highest BCUT2D eigenvalue weighted by atomic mass is 32.2. The first kappa shape index (κ1) is 18.2. The normalized spacial score (nSPS) is 11.1. The zero-order valence-electron chi connectivity index (χ0n) is 15.1. The van der Waals surface area contributed by atoms with Gasteiger partial charge >= 0.3 is 0 Å². The van der Waals surface area contributed by atoms with Crippen molar-refractivity contribution in [2.24, 2.45) is 0 Å². The molecule has 0 spiro atoms. The molecule has 0 bridgehead atoms. The molecule has 0 fully saturated rings. The number of aromatic nitrogens is 5. The van der Waals surface area contributed by atoms with Gasteiger partial charge in [-0.05, 0) is 12.1 Å². The molecule has 8 heteroatoms. The van der Waals surface area contributed by atoms with Gasteiger partial charge in [-0.15, -0.1) is 5.10 Å². The van der Waals surface area contributed by atoms with Crippen molar-refractivity contribution in [3.8, 4) is 5.69 Å². The van der Waals surface area contributed by atoms with E-state index in [2.05, 4.69) is 20.3 Å². The van der Waals surface area contributed by atoms with E-state index in [1.54, 1.807) is 18.1 Å². The summed E-state index contributed by atoms with van der Waals surface area (Å²) in [5.41, 5.74) is 1.98. The first-order valence-electron chi connectivity index (χ1n) is 8.41. The molecule has 3 aromatic rings. The average Bonchev–Trinajstić information content (AvgIpc) is 3.30. The van der Waals surface area contributed by atoms with E-state index in [0.717, 1.165) is 17.1 Å². The van der Waals surface area contributed by atoms with Crippen LogP contribution in [-0.4, -0.2) is 48.6 Å². The first-order valence-corrected chi connectivity index (χ1v) is 9.39. The van der Waals surface area contributed by atoms with Gasteiger partial charge in [0.1, 0.15) is 5.82 Å². The summed E-state index contributed by atoms with van der Waals surface area (Å²) in [5, 5.41) is 12.0. The molecule has 7 nitrogen and oxygen atoms in total. The summed E-state index contributed by atoms with van der Waals surface area (Å²) in [5.74, 6) is 1.45. The molecule has 26 heavy (non-hydrogen) atoms. The minimum atomic E-state index is 0.0263. The lowest BCUT2D eigenvalue weighted by atomic mass is 10.2. The highest BCUT2D eigenvalue weighted by Gasteiger charge is 2.14. The highest BCUT2D eigenvalue weighted by Crippen LogP contribution is 2.17. The van der Waals surface area contributed by atoms with Gasteiger partial charge in [0.2, 0.25) is 11.1 Å². The third kappa shape index (κ3) is 4.51. The van der Waals surface area contributed by atoms with Gasteiger partial charge in [0.05, 0.1) is 17.6 Å². The molecule has 0 aliphatic rings. The quantitative estimate of drug-likeness (QED) is 0.647. The van der Waals surface area contributed by atoms with Crippen LogP contribution >= 0.6 is 11.8 Å². The van der Waals surface area contributed by atoms with Crippen LogP contribution in [0, 0.1) is 0 Å². The number of nitrogens with zero attached hydrogens (tertiary/aromatic N) is 5. The van der Waals surface area contributed by atoms with E-state index in [-0.39, 0.29) is 11.8 Å². The molecule has 1 amide bonds. The highest BCUT2D eigenvalue weighted by molar-refractivity contribution is 7.99. The summed E-state index contributed by atoms with van der Waals surface area (Å²) < 4.78 is 1.81. The Balaban J connectivity index is 1.53. The molecule has 0 unspecified atom stereocenters. The Kier molecular flexibility index (Phi) is 5.72. The van der Waals surface area contributed by atoms with Crippen LogP contribution in [-0.2, 0) is 11.3 Å².